The van der Waals surface area contributed by atoms with Crippen molar-refractivity contribution < 1.29 is 8.42 Å². The Labute approximate surface area is 159 Å². The minimum Gasteiger partial charge on any atom is -0.303 e. The van der Waals surface area contributed by atoms with Crippen molar-refractivity contribution >= 4 is 10.0 Å². The topological polar surface area (TPSA) is 40.6 Å². The minimum absolute atomic E-state index is 0.502. The molecule has 1 aromatic rings. The summed E-state index contributed by atoms with van der Waals surface area (Å²) in [4.78, 5) is 2.57. The van der Waals surface area contributed by atoms with Crippen LogP contribution in [0.4, 0.5) is 0 Å². The summed E-state index contributed by atoms with van der Waals surface area (Å²) in [6.07, 6.45) is 8.57. The zero-order valence-corrected chi connectivity index (χ0v) is 17.2. The second-order valence-electron chi connectivity index (χ2n) is 8.40. The quantitative estimate of drug-likeness (QED) is 0.762. The number of rotatable bonds is 6. The lowest BCUT2D eigenvalue weighted by Gasteiger charge is -2.37. The van der Waals surface area contributed by atoms with Gasteiger partial charge in [-0.1, -0.05) is 29.8 Å². The molecule has 0 N–H and O–H groups in total. The molecule has 1 atom stereocenters. The number of aryl methyl sites for hydroxylation is 2. The van der Waals surface area contributed by atoms with E-state index in [0.29, 0.717) is 19.0 Å². The average molecular weight is 379 g/mol. The summed E-state index contributed by atoms with van der Waals surface area (Å²) >= 11 is 0. The van der Waals surface area contributed by atoms with E-state index in [-0.39, 0.29) is 0 Å². The molecule has 0 radical (unpaired) electrons. The van der Waals surface area contributed by atoms with Crippen LogP contribution in [0.5, 0.6) is 0 Å². The van der Waals surface area contributed by atoms with Gasteiger partial charge in [0.25, 0.3) is 0 Å². The first kappa shape index (κ1) is 19.8. The SMILES string of the molecule is Cc1ccc(CCC2CCN(C[C@@H]3CCCN(S(C)(=O)=O)C3)CC2)cc1. The van der Waals surface area contributed by atoms with Crippen molar-refractivity contribution in [2.24, 2.45) is 11.8 Å². The van der Waals surface area contributed by atoms with Crippen LogP contribution in [-0.4, -0.2) is 56.6 Å². The zero-order valence-electron chi connectivity index (χ0n) is 16.4. The van der Waals surface area contributed by atoms with Crippen LogP contribution in [0.3, 0.4) is 0 Å². The van der Waals surface area contributed by atoms with Gasteiger partial charge in [-0.05, 0) is 75.9 Å². The number of nitrogens with zero attached hydrogens (tertiary/aromatic N) is 2. The highest BCUT2D eigenvalue weighted by Gasteiger charge is 2.28. The maximum Gasteiger partial charge on any atom is 0.211 e. The molecule has 0 bridgehead atoms. The molecule has 1 aromatic carbocycles. The zero-order chi connectivity index (χ0) is 18.6. The Balaban J connectivity index is 1.39. The van der Waals surface area contributed by atoms with Gasteiger partial charge in [0.2, 0.25) is 10.0 Å². The summed E-state index contributed by atoms with van der Waals surface area (Å²) in [5, 5.41) is 0. The Morgan fingerprint density at radius 3 is 2.35 bits per heavy atom. The fourth-order valence-electron chi connectivity index (χ4n) is 4.43. The smallest absolute Gasteiger partial charge is 0.211 e. The van der Waals surface area contributed by atoms with E-state index in [1.807, 2.05) is 0 Å². The summed E-state index contributed by atoms with van der Waals surface area (Å²) in [5.74, 6) is 1.34. The number of sulfonamides is 1. The van der Waals surface area contributed by atoms with Gasteiger partial charge in [-0.15, -0.1) is 0 Å². The van der Waals surface area contributed by atoms with Gasteiger partial charge in [0.1, 0.15) is 0 Å². The van der Waals surface area contributed by atoms with Gasteiger partial charge in [0.05, 0.1) is 6.26 Å². The molecule has 2 saturated heterocycles. The fourth-order valence-corrected chi connectivity index (χ4v) is 5.37. The first-order chi connectivity index (χ1) is 12.4. The van der Waals surface area contributed by atoms with Crippen LogP contribution in [0, 0.1) is 18.8 Å². The van der Waals surface area contributed by atoms with Crippen molar-refractivity contribution in [2.45, 2.75) is 45.4 Å². The molecule has 5 heteroatoms. The number of piperidine rings is 2. The normalized spacial score (nSPS) is 24.0. The van der Waals surface area contributed by atoms with Gasteiger partial charge in [0, 0.05) is 19.6 Å². The van der Waals surface area contributed by atoms with Gasteiger partial charge >= 0.3 is 0 Å². The van der Waals surface area contributed by atoms with Crippen molar-refractivity contribution in [3.8, 4) is 0 Å². The van der Waals surface area contributed by atoms with Crippen LogP contribution in [-0.2, 0) is 16.4 Å². The van der Waals surface area contributed by atoms with Crippen LogP contribution >= 0.6 is 0 Å². The highest BCUT2D eigenvalue weighted by atomic mass is 32.2. The molecule has 3 rings (SSSR count). The average Bonchev–Trinajstić information content (AvgIpc) is 2.62. The van der Waals surface area contributed by atoms with E-state index in [1.54, 1.807) is 4.31 Å². The molecule has 146 valence electrons. The van der Waals surface area contributed by atoms with Crippen LogP contribution in [0.15, 0.2) is 24.3 Å². The third-order valence-electron chi connectivity index (χ3n) is 6.14. The van der Waals surface area contributed by atoms with Gasteiger partial charge < -0.3 is 4.90 Å². The second-order valence-corrected chi connectivity index (χ2v) is 10.4. The lowest BCUT2D eigenvalue weighted by molar-refractivity contribution is 0.133. The highest BCUT2D eigenvalue weighted by Crippen LogP contribution is 2.25. The Morgan fingerprint density at radius 2 is 1.69 bits per heavy atom. The predicted molar refractivity (Wildman–Crippen MR) is 108 cm³/mol. The summed E-state index contributed by atoms with van der Waals surface area (Å²) in [6.45, 7) is 6.97. The fraction of sp³-hybridized carbons (Fsp3) is 0.714. The van der Waals surface area contributed by atoms with Crippen molar-refractivity contribution in [1.29, 1.82) is 0 Å². The molecule has 0 amide bonds. The van der Waals surface area contributed by atoms with Crippen molar-refractivity contribution in [1.82, 2.24) is 9.21 Å². The Hall–Kier alpha value is -0.910. The molecule has 26 heavy (non-hydrogen) atoms. The molecule has 2 aliphatic heterocycles. The van der Waals surface area contributed by atoms with E-state index < -0.39 is 10.0 Å². The van der Waals surface area contributed by atoms with Crippen molar-refractivity contribution in [3.63, 3.8) is 0 Å². The van der Waals surface area contributed by atoms with Gasteiger partial charge in [-0.2, -0.15) is 0 Å². The van der Waals surface area contributed by atoms with Crippen molar-refractivity contribution in [2.75, 3.05) is 39.0 Å². The molecule has 0 spiro atoms. The van der Waals surface area contributed by atoms with Crippen LogP contribution in [0.1, 0.15) is 43.2 Å². The molecule has 0 aliphatic carbocycles. The molecule has 0 saturated carbocycles. The molecule has 2 aliphatic rings. The number of hydrogen-bond acceptors (Lipinski definition) is 3. The number of benzene rings is 1. The lowest BCUT2D eigenvalue weighted by Crippen LogP contribution is -2.45. The second kappa shape index (κ2) is 8.85. The molecular formula is C21H34N2O2S. The van der Waals surface area contributed by atoms with Gasteiger partial charge in [0.15, 0.2) is 0 Å². The Morgan fingerprint density at radius 1 is 1.00 bits per heavy atom. The monoisotopic (exact) mass is 378 g/mol. The van der Waals surface area contributed by atoms with Crippen LogP contribution in [0.2, 0.25) is 0 Å². The third kappa shape index (κ3) is 5.80. The summed E-state index contributed by atoms with van der Waals surface area (Å²) < 4.78 is 25.2. The molecule has 4 nitrogen and oxygen atoms in total. The summed E-state index contributed by atoms with van der Waals surface area (Å²) in [5.41, 5.74) is 2.79. The molecule has 0 unspecified atom stereocenters. The highest BCUT2D eigenvalue weighted by molar-refractivity contribution is 7.88. The molecule has 0 aromatic heterocycles. The Bertz CT molecular complexity index is 664. The van der Waals surface area contributed by atoms with Crippen LogP contribution in [0.25, 0.3) is 0 Å². The maximum absolute atomic E-state index is 11.8. The summed E-state index contributed by atoms with van der Waals surface area (Å²) in [7, 11) is -3.03. The van der Waals surface area contributed by atoms with E-state index in [1.165, 1.54) is 62.6 Å². The number of hydrogen-bond donors (Lipinski definition) is 0. The molecule has 2 heterocycles. The molecular weight excluding hydrogens is 344 g/mol. The van der Waals surface area contributed by atoms with Gasteiger partial charge in [-0.25, -0.2) is 12.7 Å². The molecule has 2 fully saturated rings. The largest absolute Gasteiger partial charge is 0.303 e. The maximum atomic E-state index is 11.8. The summed E-state index contributed by atoms with van der Waals surface area (Å²) in [6, 6.07) is 8.95. The predicted octanol–water partition coefficient (Wildman–Crippen LogP) is 3.31. The van der Waals surface area contributed by atoms with E-state index >= 15 is 0 Å². The minimum atomic E-state index is -3.03. The first-order valence-electron chi connectivity index (χ1n) is 10.1. The van der Waals surface area contributed by atoms with E-state index in [2.05, 4.69) is 36.1 Å². The van der Waals surface area contributed by atoms with Crippen molar-refractivity contribution in [3.05, 3.63) is 35.4 Å². The van der Waals surface area contributed by atoms with E-state index in [0.717, 1.165) is 18.9 Å². The van der Waals surface area contributed by atoms with Crippen LogP contribution < -0.4 is 0 Å². The number of likely N-dealkylation sites (tertiary alicyclic amines) is 1. The Kier molecular flexibility index (Phi) is 6.76. The van der Waals surface area contributed by atoms with Gasteiger partial charge in [-0.3, -0.25) is 0 Å². The standard InChI is InChI=1S/C21H34N2O2S/c1-18-5-7-19(8-6-18)9-10-20-11-14-22(15-12-20)16-21-4-3-13-23(17-21)26(2,24)25/h5-8,20-21H,3-4,9-17H2,1-2H3/t21-/m0/s1. The lowest BCUT2D eigenvalue weighted by atomic mass is 9.89. The van der Waals surface area contributed by atoms with E-state index in [4.69, 9.17) is 0 Å². The third-order valence-corrected chi connectivity index (χ3v) is 7.41. The first-order valence-corrected chi connectivity index (χ1v) is 12.0. The van der Waals surface area contributed by atoms with E-state index in [9.17, 15) is 8.42 Å².